The summed E-state index contributed by atoms with van der Waals surface area (Å²) in [6.07, 6.45) is 2.10. The van der Waals surface area contributed by atoms with Crippen LogP contribution in [0.1, 0.15) is 12.0 Å². The lowest BCUT2D eigenvalue weighted by molar-refractivity contribution is -0.384. The largest absolute Gasteiger partial charge is 0.376 e. The van der Waals surface area contributed by atoms with Crippen LogP contribution in [0, 0.1) is 10.1 Å². The smallest absolute Gasteiger partial charge is 0.293 e. The zero-order valence-corrected chi connectivity index (χ0v) is 36.7. The van der Waals surface area contributed by atoms with Gasteiger partial charge in [-0.05, 0) is 77.7 Å². The third-order valence-corrected chi connectivity index (χ3v) is 14.8. The summed E-state index contributed by atoms with van der Waals surface area (Å²) in [4.78, 5) is 28.7. The van der Waals surface area contributed by atoms with Gasteiger partial charge in [-0.25, -0.2) is 18.4 Å². The number of benzene rings is 5. The first-order valence-corrected chi connectivity index (χ1v) is 24.3. The number of fused-ring (bicyclic) bond motifs is 1. The Balaban J connectivity index is 0.939. The van der Waals surface area contributed by atoms with Crippen LogP contribution in [0.15, 0.2) is 131 Å². The van der Waals surface area contributed by atoms with E-state index in [2.05, 4.69) is 59.0 Å². The van der Waals surface area contributed by atoms with Crippen LogP contribution in [0.3, 0.4) is 0 Å². The molecule has 0 aliphatic carbocycles. The zero-order valence-electron chi connectivity index (χ0n) is 33.5. The van der Waals surface area contributed by atoms with E-state index in [4.69, 9.17) is 11.6 Å². The number of thioether (sulfide) groups is 2. The lowest BCUT2D eigenvalue weighted by atomic mass is 9.99. The molecule has 2 fully saturated rings. The first kappa shape index (κ1) is 42.8. The molecular formula is C45H47ClN8O4S3. The summed E-state index contributed by atoms with van der Waals surface area (Å²) in [6, 6.07) is 36.1. The number of hydrogen-bond donors (Lipinski definition) is 2. The number of hydrogen-bond acceptors (Lipinski definition) is 12. The molecule has 0 spiro atoms. The monoisotopic (exact) mass is 894 g/mol. The van der Waals surface area contributed by atoms with Crippen molar-refractivity contribution in [1.82, 2.24) is 19.8 Å². The highest BCUT2D eigenvalue weighted by Crippen LogP contribution is 2.33. The number of sulfonamides is 1. The molecule has 316 valence electrons. The highest BCUT2D eigenvalue weighted by atomic mass is 35.5. The average molecular weight is 896 g/mol. The lowest BCUT2D eigenvalue weighted by Crippen LogP contribution is -2.46. The van der Waals surface area contributed by atoms with Crippen molar-refractivity contribution in [1.29, 1.82) is 0 Å². The topological polar surface area (TPSA) is 137 Å². The summed E-state index contributed by atoms with van der Waals surface area (Å²) in [5, 5.41) is 17.1. The molecule has 5 aromatic carbocycles. The van der Waals surface area contributed by atoms with Gasteiger partial charge in [-0.3, -0.25) is 19.7 Å². The van der Waals surface area contributed by atoms with E-state index >= 15 is 0 Å². The molecule has 2 aliphatic rings. The summed E-state index contributed by atoms with van der Waals surface area (Å²) in [5.74, 6) is 2.97. The Hall–Kier alpha value is -4.90. The van der Waals surface area contributed by atoms with Crippen molar-refractivity contribution in [3.8, 4) is 11.1 Å². The molecule has 1 atom stereocenters. The van der Waals surface area contributed by atoms with E-state index in [0.717, 1.165) is 97.5 Å². The van der Waals surface area contributed by atoms with E-state index in [9.17, 15) is 18.5 Å². The first-order chi connectivity index (χ1) is 29.7. The molecule has 6 aromatic rings. The van der Waals surface area contributed by atoms with E-state index in [1.54, 1.807) is 11.8 Å². The maximum Gasteiger partial charge on any atom is 0.293 e. The SMILES string of the molecule is O=[N+]([O-])c1cc(S(=O)(=O)Nc2ncnc3cc(N4CCN(Cc5cc(Cl)ccc5-c5ccccc5)CC4)ccc23)ccc1N[C@H](CCN1CCSCC1)CSc1ccccc1. The van der Waals surface area contributed by atoms with Gasteiger partial charge in [0, 0.05) is 103 Å². The molecule has 61 heavy (non-hydrogen) atoms. The van der Waals surface area contributed by atoms with E-state index in [0.29, 0.717) is 16.7 Å². The summed E-state index contributed by atoms with van der Waals surface area (Å²) >= 11 is 10.1. The fraction of sp³-hybridized carbons (Fsp3) is 0.289. The van der Waals surface area contributed by atoms with Crippen molar-refractivity contribution in [2.75, 3.05) is 78.0 Å². The van der Waals surface area contributed by atoms with Crippen molar-refractivity contribution < 1.29 is 13.3 Å². The van der Waals surface area contributed by atoms with Crippen LogP contribution in [0.25, 0.3) is 22.0 Å². The zero-order chi connectivity index (χ0) is 42.2. The molecule has 8 rings (SSSR count). The quantitative estimate of drug-likeness (QED) is 0.0545. The number of anilines is 3. The number of piperazine rings is 1. The van der Waals surface area contributed by atoms with Gasteiger partial charge < -0.3 is 15.1 Å². The van der Waals surface area contributed by atoms with Crippen LogP contribution >= 0.6 is 35.1 Å². The maximum absolute atomic E-state index is 13.8. The van der Waals surface area contributed by atoms with E-state index in [1.165, 1.54) is 29.6 Å². The number of rotatable bonds is 16. The van der Waals surface area contributed by atoms with Gasteiger partial charge in [-0.1, -0.05) is 66.2 Å². The number of nitrogens with zero attached hydrogens (tertiary/aromatic N) is 6. The second-order valence-electron chi connectivity index (χ2n) is 15.1. The van der Waals surface area contributed by atoms with E-state index in [-0.39, 0.29) is 28.1 Å². The van der Waals surface area contributed by atoms with E-state index < -0.39 is 14.9 Å². The van der Waals surface area contributed by atoms with Gasteiger partial charge in [-0.2, -0.15) is 11.8 Å². The molecule has 0 unspecified atom stereocenters. The number of aromatic nitrogens is 2. The molecule has 0 bridgehead atoms. The van der Waals surface area contributed by atoms with Crippen LogP contribution in [0.4, 0.5) is 22.9 Å². The Morgan fingerprint density at radius 2 is 1.59 bits per heavy atom. The normalized spacial score (nSPS) is 15.7. The number of nitro groups is 1. The Bertz CT molecular complexity index is 2560. The molecule has 12 nitrogen and oxygen atoms in total. The minimum atomic E-state index is -4.27. The van der Waals surface area contributed by atoms with Crippen LogP contribution in [0.5, 0.6) is 0 Å². The Morgan fingerprint density at radius 1 is 0.836 bits per heavy atom. The summed E-state index contributed by atoms with van der Waals surface area (Å²) in [7, 11) is -4.27. The predicted molar refractivity (Wildman–Crippen MR) is 251 cm³/mol. The molecule has 2 N–H and O–H groups in total. The highest BCUT2D eigenvalue weighted by molar-refractivity contribution is 7.99. The van der Waals surface area contributed by atoms with Crippen LogP contribution in [0.2, 0.25) is 5.02 Å². The van der Waals surface area contributed by atoms with Crippen LogP contribution < -0.4 is 14.9 Å². The van der Waals surface area contributed by atoms with Gasteiger partial charge in [0.05, 0.1) is 15.3 Å². The predicted octanol–water partition coefficient (Wildman–Crippen LogP) is 8.99. The fourth-order valence-electron chi connectivity index (χ4n) is 7.75. The third kappa shape index (κ3) is 11.0. The Kier molecular flexibility index (Phi) is 13.9. The van der Waals surface area contributed by atoms with Gasteiger partial charge in [0.1, 0.15) is 12.0 Å². The lowest BCUT2D eigenvalue weighted by Gasteiger charge is -2.36. The number of halogens is 1. The third-order valence-electron chi connectivity index (χ3n) is 11.1. The summed E-state index contributed by atoms with van der Waals surface area (Å²) in [5.41, 5.74) is 5.04. The fourth-order valence-corrected chi connectivity index (χ4v) is 11.0. The van der Waals surface area contributed by atoms with Gasteiger partial charge in [-0.15, -0.1) is 11.8 Å². The Labute approximate surface area is 370 Å². The van der Waals surface area contributed by atoms with E-state index in [1.807, 2.05) is 84.6 Å². The Morgan fingerprint density at radius 3 is 2.34 bits per heavy atom. The maximum atomic E-state index is 13.8. The average Bonchev–Trinajstić information content (AvgIpc) is 3.28. The summed E-state index contributed by atoms with van der Waals surface area (Å²) in [6.45, 7) is 6.97. The van der Waals surface area contributed by atoms with Crippen molar-refractivity contribution >= 4 is 78.9 Å². The second kappa shape index (κ2) is 19.9. The van der Waals surface area contributed by atoms with Crippen LogP contribution in [-0.2, 0) is 16.6 Å². The standard InChI is InChI=1S/C45H47ClN8O4S3/c46-35-11-14-40(33-7-3-1-4-8-33)34(27-35)30-52-19-21-53(22-20-52)37-12-15-41-43(28-37)47-32-48-45(41)50-61(57,58)39-13-16-42(44(29-39)54(55)56)49-36(17-18-51-23-25-59-26-24-51)31-60-38-9-5-2-6-10-38/h1-16,27-29,32,36,49H,17-26,30-31H2,(H,47,48,50)/t36-/m1/s1. The second-order valence-corrected chi connectivity index (χ2v) is 19.5. The molecular weight excluding hydrogens is 848 g/mol. The number of nitro benzene ring substituents is 1. The van der Waals surface area contributed by atoms with Gasteiger partial charge in [0.15, 0.2) is 5.82 Å². The molecule has 0 radical (unpaired) electrons. The van der Waals surface area contributed by atoms with Gasteiger partial charge >= 0.3 is 0 Å². The molecule has 3 heterocycles. The molecule has 16 heteroatoms. The molecule has 2 aliphatic heterocycles. The molecule has 0 saturated carbocycles. The molecule has 2 saturated heterocycles. The first-order valence-electron chi connectivity index (χ1n) is 20.3. The van der Waals surface area contributed by atoms with Gasteiger partial charge in [0.25, 0.3) is 15.7 Å². The molecule has 0 amide bonds. The van der Waals surface area contributed by atoms with Crippen molar-refractivity contribution in [3.05, 3.63) is 142 Å². The highest BCUT2D eigenvalue weighted by Gasteiger charge is 2.26. The van der Waals surface area contributed by atoms with Crippen molar-refractivity contribution in [2.24, 2.45) is 0 Å². The van der Waals surface area contributed by atoms with Crippen molar-refractivity contribution in [2.45, 2.75) is 28.8 Å². The number of nitrogens with one attached hydrogen (secondary N) is 2. The molecule has 1 aromatic heterocycles. The van der Waals surface area contributed by atoms with Gasteiger partial charge in [0.2, 0.25) is 0 Å². The minimum Gasteiger partial charge on any atom is -0.376 e. The minimum absolute atomic E-state index is 0.0936. The summed E-state index contributed by atoms with van der Waals surface area (Å²) < 4.78 is 30.3. The van der Waals surface area contributed by atoms with Crippen LogP contribution in [-0.4, -0.2) is 102 Å². The van der Waals surface area contributed by atoms with Crippen molar-refractivity contribution in [3.63, 3.8) is 0 Å².